The average Bonchev–Trinajstić information content (AvgIpc) is 2.66. The van der Waals surface area contributed by atoms with Gasteiger partial charge in [0.05, 0.1) is 18.9 Å². The number of carbonyl (C=O) groups excluding carboxylic acids is 2. The van der Waals surface area contributed by atoms with E-state index >= 15 is 0 Å². The zero-order valence-corrected chi connectivity index (χ0v) is 18.3. The second-order valence-corrected chi connectivity index (χ2v) is 9.68. The first kappa shape index (κ1) is 23.5. The van der Waals surface area contributed by atoms with E-state index in [0.29, 0.717) is 37.8 Å². The Morgan fingerprint density at radius 3 is 1.69 bits per heavy atom. The van der Waals surface area contributed by atoms with Crippen molar-refractivity contribution in [2.75, 3.05) is 20.2 Å². The van der Waals surface area contributed by atoms with Gasteiger partial charge in [-0.1, -0.05) is 0 Å². The Bertz CT molecular complexity index is 568. The summed E-state index contributed by atoms with van der Waals surface area (Å²) < 4.78 is 10.5. The van der Waals surface area contributed by atoms with Crippen molar-refractivity contribution in [2.24, 2.45) is 23.7 Å². The zero-order chi connectivity index (χ0) is 21.6. The molecule has 0 radical (unpaired) electrons. The van der Waals surface area contributed by atoms with E-state index in [4.69, 9.17) is 9.47 Å². The molecule has 7 nitrogen and oxygen atoms in total. The largest absolute Gasteiger partial charge is 0.481 e. The van der Waals surface area contributed by atoms with Gasteiger partial charge in [-0.15, -0.1) is 0 Å². The van der Waals surface area contributed by atoms with E-state index in [0.717, 1.165) is 38.5 Å². The monoisotopic (exact) mass is 411 g/mol. The first-order valence-corrected chi connectivity index (χ1v) is 10.9. The summed E-state index contributed by atoms with van der Waals surface area (Å²) in [6.45, 7) is 6.83. The van der Waals surface area contributed by atoms with Crippen LogP contribution in [0.15, 0.2) is 0 Å². The van der Waals surface area contributed by atoms with Gasteiger partial charge in [0.15, 0.2) is 0 Å². The van der Waals surface area contributed by atoms with Crippen molar-refractivity contribution in [3.8, 4) is 0 Å². The molecule has 2 aliphatic rings. The Morgan fingerprint density at radius 2 is 1.31 bits per heavy atom. The van der Waals surface area contributed by atoms with E-state index in [-0.39, 0.29) is 23.9 Å². The van der Waals surface area contributed by atoms with Crippen molar-refractivity contribution in [3.63, 3.8) is 0 Å². The minimum absolute atomic E-state index is 0.0301. The van der Waals surface area contributed by atoms with Crippen LogP contribution in [0.25, 0.3) is 0 Å². The number of aliphatic carboxylic acids is 1. The quantitative estimate of drug-likeness (QED) is 0.662. The Morgan fingerprint density at radius 1 is 0.862 bits per heavy atom. The highest BCUT2D eigenvalue weighted by Gasteiger charge is 2.33. The molecule has 0 heterocycles. The van der Waals surface area contributed by atoms with Crippen LogP contribution in [0.4, 0.5) is 4.79 Å². The Balaban J connectivity index is 1.94. The van der Waals surface area contributed by atoms with Gasteiger partial charge in [0.1, 0.15) is 5.60 Å². The summed E-state index contributed by atoms with van der Waals surface area (Å²) in [5, 5.41) is 9.20. The van der Waals surface area contributed by atoms with Crippen molar-refractivity contribution < 1.29 is 29.0 Å². The van der Waals surface area contributed by atoms with Crippen LogP contribution in [0.5, 0.6) is 0 Å². The number of hydrogen-bond acceptors (Lipinski definition) is 5. The molecule has 0 spiro atoms. The lowest BCUT2D eigenvalue weighted by atomic mass is 9.80. The van der Waals surface area contributed by atoms with Gasteiger partial charge < -0.3 is 19.5 Å². The van der Waals surface area contributed by atoms with Gasteiger partial charge in [-0.25, -0.2) is 4.79 Å². The fraction of sp³-hybridized carbons (Fsp3) is 0.864. The summed E-state index contributed by atoms with van der Waals surface area (Å²) in [5.41, 5.74) is -0.557. The van der Waals surface area contributed by atoms with Crippen molar-refractivity contribution in [1.82, 2.24) is 4.90 Å². The van der Waals surface area contributed by atoms with Gasteiger partial charge in [-0.2, -0.15) is 0 Å². The molecule has 2 aliphatic carbocycles. The number of hydrogen-bond donors (Lipinski definition) is 1. The summed E-state index contributed by atoms with van der Waals surface area (Å²) in [6, 6.07) is 0. The fourth-order valence-electron chi connectivity index (χ4n) is 4.51. The molecule has 1 amide bonds. The maximum absolute atomic E-state index is 12.8. The van der Waals surface area contributed by atoms with E-state index in [9.17, 15) is 19.5 Å². The second kappa shape index (κ2) is 10.3. The van der Waals surface area contributed by atoms with Crippen molar-refractivity contribution in [2.45, 2.75) is 77.7 Å². The summed E-state index contributed by atoms with van der Waals surface area (Å²) in [4.78, 5) is 37.6. The minimum Gasteiger partial charge on any atom is -0.481 e. The van der Waals surface area contributed by atoms with Gasteiger partial charge in [-0.3, -0.25) is 9.59 Å². The summed E-state index contributed by atoms with van der Waals surface area (Å²) in [5.74, 6) is -0.479. The maximum Gasteiger partial charge on any atom is 0.410 e. The molecule has 0 bridgehead atoms. The van der Waals surface area contributed by atoms with E-state index in [1.54, 1.807) is 0 Å². The molecule has 166 valence electrons. The Labute approximate surface area is 174 Å². The molecular weight excluding hydrogens is 374 g/mol. The van der Waals surface area contributed by atoms with Gasteiger partial charge >= 0.3 is 18.0 Å². The SMILES string of the molecule is COC(=O)C1CCC(CN(CC2CCC(C(=O)O)CC2)C(=O)OC(C)(C)C)CC1. The van der Waals surface area contributed by atoms with E-state index < -0.39 is 11.6 Å². The highest BCUT2D eigenvalue weighted by Crippen LogP contribution is 2.33. The second-order valence-electron chi connectivity index (χ2n) is 9.68. The highest BCUT2D eigenvalue weighted by atomic mass is 16.6. The van der Waals surface area contributed by atoms with E-state index in [2.05, 4.69) is 0 Å². The molecule has 2 rings (SSSR count). The molecule has 0 aromatic rings. The number of methoxy groups -OCH3 is 1. The van der Waals surface area contributed by atoms with Crippen molar-refractivity contribution in [3.05, 3.63) is 0 Å². The number of carboxylic acids is 1. The smallest absolute Gasteiger partial charge is 0.410 e. The molecule has 0 aromatic heterocycles. The van der Waals surface area contributed by atoms with Crippen LogP contribution in [0, 0.1) is 23.7 Å². The summed E-state index contributed by atoms with van der Waals surface area (Å²) in [6.07, 6.45) is 6.07. The van der Waals surface area contributed by atoms with Crippen LogP contribution >= 0.6 is 0 Å². The summed E-state index contributed by atoms with van der Waals surface area (Å²) >= 11 is 0. The number of esters is 1. The number of carboxylic acid groups (broad SMARTS) is 1. The summed E-state index contributed by atoms with van der Waals surface area (Å²) in [7, 11) is 1.43. The average molecular weight is 412 g/mol. The molecule has 0 unspecified atom stereocenters. The fourth-order valence-corrected chi connectivity index (χ4v) is 4.51. The number of rotatable bonds is 6. The predicted octanol–water partition coefficient (Wildman–Crippen LogP) is 4.09. The number of amides is 1. The molecule has 7 heteroatoms. The maximum atomic E-state index is 12.8. The van der Waals surface area contributed by atoms with Gasteiger partial charge in [0.25, 0.3) is 0 Å². The predicted molar refractivity (Wildman–Crippen MR) is 108 cm³/mol. The van der Waals surface area contributed by atoms with E-state index in [1.165, 1.54) is 7.11 Å². The topological polar surface area (TPSA) is 93.1 Å². The molecule has 2 fully saturated rings. The van der Waals surface area contributed by atoms with Gasteiger partial charge in [-0.05, 0) is 84.0 Å². The molecule has 0 saturated heterocycles. The van der Waals surface area contributed by atoms with Gasteiger partial charge in [0, 0.05) is 13.1 Å². The standard InChI is InChI=1S/C22H37NO6/c1-22(2,3)29-21(27)23(13-15-5-9-17(10-6-15)19(24)25)14-16-7-11-18(12-8-16)20(26)28-4/h15-18H,5-14H2,1-4H3,(H,24,25). The van der Waals surface area contributed by atoms with Gasteiger partial charge in [0.2, 0.25) is 0 Å². The first-order valence-electron chi connectivity index (χ1n) is 10.9. The molecule has 0 aliphatic heterocycles. The first-order chi connectivity index (χ1) is 13.6. The molecule has 0 aromatic carbocycles. The van der Waals surface area contributed by atoms with Crippen LogP contribution in [-0.4, -0.2) is 53.8 Å². The number of ether oxygens (including phenoxy) is 2. The molecular formula is C22H37NO6. The Kier molecular flexibility index (Phi) is 8.34. The van der Waals surface area contributed by atoms with Crippen LogP contribution in [0.1, 0.15) is 72.1 Å². The van der Waals surface area contributed by atoms with Crippen molar-refractivity contribution in [1.29, 1.82) is 0 Å². The van der Waals surface area contributed by atoms with Crippen LogP contribution in [0.3, 0.4) is 0 Å². The highest BCUT2D eigenvalue weighted by molar-refractivity contribution is 5.72. The van der Waals surface area contributed by atoms with Crippen LogP contribution in [0.2, 0.25) is 0 Å². The number of nitrogens with zero attached hydrogens (tertiary/aromatic N) is 1. The number of carbonyl (C=O) groups is 3. The van der Waals surface area contributed by atoms with Crippen molar-refractivity contribution >= 4 is 18.0 Å². The Hall–Kier alpha value is -1.79. The minimum atomic E-state index is -0.713. The third-order valence-electron chi connectivity index (χ3n) is 6.19. The van der Waals surface area contributed by atoms with Crippen LogP contribution in [-0.2, 0) is 19.1 Å². The lowest BCUT2D eigenvalue weighted by Crippen LogP contribution is -2.43. The molecule has 0 atom stereocenters. The van der Waals surface area contributed by atoms with Crippen LogP contribution < -0.4 is 0 Å². The lowest BCUT2D eigenvalue weighted by Gasteiger charge is -2.36. The molecule has 2 saturated carbocycles. The lowest BCUT2D eigenvalue weighted by molar-refractivity contribution is -0.147. The normalized spacial score (nSPS) is 27.7. The molecule has 1 N–H and O–H groups in total. The third-order valence-corrected chi connectivity index (χ3v) is 6.19. The third kappa shape index (κ3) is 7.52. The zero-order valence-electron chi connectivity index (χ0n) is 18.3. The van der Waals surface area contributed by atoms with E-state index in [1.807, 2.05) is 25.7 Å². The molecule has 29 heavy (non-hydrogen) atoms.